The molecule has 23 heavy (non-hydrogen) atoms. The van der Waals surface area contributed by atoms with Gasteiger partial charge >= 0.3 is 0 Å². The summed E-state index contributed by atoms with van der Waals surface area (Å²) < 4.78 is 0. The van der Waals surface area contributed by atoms with Gasteiger partial charge in [0, 0.05) is 11.6 Å². The highest BCUT2D eigenvalue weighted by molar-refractivity contribution is 6.30. The summed E-state index contributed by atoms with van der Waals surface area (Å²) in [6.07, 6.45) is 0.366. The highest BCUT2D eigenvalue weighted by Crippen LogP contribution is 2.18. The third-order valence-electron chi connectivity index (χ3n) is 3.86. The Hall–Kier alpha value is -1.84. The molecular weight excluding hydrogens is 308 g/mol. The molecule has 2 aromatic rings. The number of halogens is 1. The van der Waals surface area contributed by atoms with Gasteiger partial charge in [-0.2, -0.15) is 0 Å². The lowest BCUT2D eigenvalue weighted by molar-refractivity contribution is -0.120. The fourth-order valence-electron chi connectivity index (χ4n) is 2.45. The van der Waals surface area contributed by atoms with Crippen LogP contribution in [0.3, 0.4) is 0 Å². The number of nitrogens with zero attached hydrogens (tertiary/aromatic N) is 1. The molecule has 0 aliphatic rings. The molecule has 1 N–H and O–H groups in total. The molecule has 0 aromatic heterocycles. The number of amides is 1. The van der Waals surface area contributed by atoms with Crippen LogP contribution in [0.5, 0.6) is 0 Å². The topological polar surface area (TPSA) is 32.3 Å². The van der Waals surface area contributed by atoms with Gasteiger partial charge in [0.05, 0.1) is 12.5 Å². The number of carbonyl (C=O) groups excluding carboxylic acids is 1. The zero-order chi connectivity index (χ0) is 16.8. The van der Waals surface area contributed by atoms with Crippen molar-refractivity contribution in [2.75, 3.05) is 20.6 Å². The highest BCUT2D eigenvalue weighted by atomic mass is 35.5. The normalized spacial score (nSPS) is 12.2. The van der Waals surface area contributed by atoms with Gasteiger partial charge in [-0.3, -0.25) is 4.79 Å². The van der Waals surface area contributed by atoms with E-state index in [-0.39, 0.29) is 11.9 Å². The second-order valence-electron chi connectivity index (χ2n) is 6.00. The van der Waals surface area contributed by atoms with E-state index in [1.807, 2.05) is 26.2 Å². The molecule has 122 valence electrons. The summed E-state index contributed by atoms with van der Waals surface area (Å²) in [5, 5.41) is 3.71. The third-order valence-corrected chi connectivity index (χ3v) is 4.11. The molecule has 1 unspecified atom stereocenters. The number of benzene rings is 2. The molecule has 1 atom stereocenters. The van der Waals surface area contributed by atoms with Gasteiger partial charge in [-0.25, -0.2) is 0 Å². The zero-order valence-corrected chi connectivity index (χ0v) is 14.6. The fourth-order valence-corrected chi connectivity index (χ4v) is 2.57. The minimum atomic E-state index is 0.0197. The second-order valence-corrected chi connectivity index (χ2v) is 6.43. The molecule has 0 saturated carbocycles. The van der Waals surface area contributed by atoms with Crippen molar-refractivity contribution in [1.82, 2.24) is 10.2 Å². The van der Waals surface area contributed by atoms with E-state index in [4.69, 9.17) is 11.6 Å². The van der Waals surface area contributed by atoms with Crippen LogP contribution in [0.2, 0.25) is 5.02 Å². The largest absolute Gasteiger partial charge is 0.354 e. The van der Waals surface area contributed by atoms with Gasteiger partial charge < -0.3 is 10.2 Å². The highest BCUT2D eigenvalue weighted by Gasteiger charge is 2.15. The average molecular weight is 331 g/mol. The molecule has 0 radical (unpaired) electrons. The molecule has 2 rings (SSSR count). The number of nitrogens with one attached hydrogen (secondary N) is 1. The van der Waals surface area contributed by atoms with Crippen molar-refractivity contribution in [2.45, 2.75) is 19.4 Å². The monoisotopic (exact) mass is 330 g/mol. The van der Waals surface area contributed by atoms with Gasteiger partial charge in [-0.15, -0.1) is 0 Å². The Kier molecular flexibility index (Phi) is 6.20. The van der Waals surface area contributed by atoms with E-state index >= 15 is 0 Å². The lowest BCUT2D eigenvalue weighted by Crippen LogP contribution is -2.35. The zero-order valence-electron chi connectivity index (χ0n) is 13.8. The van der Waals surface area contributed by atoms with Crippen LogP contribution in [0.15, 0.2) is 48.5 Å². The molecule has 0 fully saturated rings. The van der Waals surface area contributed by atoms with Gasteiger partial charge in [-0.05, 0) is 44.3 Å². The molecule has 0 aliphatic carbocycles. The predicted octanol–water partition coefficient (Wildman–Crippen LogP) is 3.61. The van der Waals surface area contributed by atoms with Gasteiger partial charge in [0.15, 0.2) is 0 Å². The summed E-state index contributed by atoms with van der Waals surface area (Å²) in [5.74, 6) is 0.0197. The molecule has 0 saturated heterocycles. The van der Waals surface area contributed by atoms with E-state index in [2.05, 4.69) is 41.4 Å². The molecule has 2 aromatic carbocycles. The minimum absolute atomic E-state index is 0.0197. The fraction of sp³-hybridized carbons (Fsp3) is 0.316. The third kappa shape index (κ3) is 5.38. The Balaban J connectivity index is 1.94. The Morgan fingerprint density at radius 3 is 2.26 bits per heavy atom. The molecule has 0 heterocycles. The maximum Gasteiger partial charge on any atom is 0.224 e. The number of aryl methyl sites for hydroxylation is 1. The first kappa shape index (κ1) is 17.5. The van der Waals surface area contributed by atoms with Crippen molar-refractivity contribution >= 4 is 17.5 Å². The van der Waals surface area contributed by atoms with Gasteiger partial charge in [0.2, 0.25) is 5.91 Å². The van der Waals surface area contributed by atoms with E-state index in [9.17, 15) is 4.79 Å². The van der Waals surface area contributed by atoms with Crippen LogP contribution in [-0.2, 0) is 11.2 Å². The smallest absolute Gasteiger partial charge is 0.224 e. The van der Waals surface area contributed by atoms with Crippen LogP contribution in [0.1, 0.15) is 22.7 Å². The average Bonchev–Trinajstić information content (AvgIpc) is 2.51. The van der Waals surface area contributed by atoms with Gasteiger partial charge in [0.1, 0.15) is 0 Å². The van der Waals surface area contributed by atoms with Crippen LogP contribution in [0.25, 0.3) is 0 Å². The van der Waals surface area contributed by atoms with E-state index < -0.39 is 0 Å². The summed E-state index contributed by atoms with van der Waals surface area (Å²) in [4.78, 5) is 14.3. The van der Waals surface area contributed by atoms with Crippen molar-refractivity contribution in [3.05, 3.63) is 70.2 Å². The summed E-state index contributed by atoms with van der Waals surface area (Å²) in [6.45, 7) is 2.66. The van der Waals surface area contributed by atoms with Crippen LogP contribution in [0.4, 0.5) is 0 Å². The first-order valence-corrected chi connectivity index (χ1v) is 8.07. The SMILES string of the molecule is Cc1ccc(C(CNC(=O)Cc2ccc(Cl)cc2)N(C)C)cc1. The standard InChI is InChI=1S/C19H23ClN2O/c1-14-4-8-16(9-5-14)18(22(2)3)13-21-19(23)12-15-6-10-17(20)11-7-15/h4-11,18H,12-13H2,1-3H3,(H,21,23). The first-order chi connectivity index (χ1) is 11.0. The first-order valence-electron chi connectivity index (χ1n) is 7.70. The molecule has 0 spiro atoms. The Bertz CT molecular complexity index is 635. The molecule has 0 bridgehead atoms. The lowest BCUT2D eigenvalue weighted by atomic mass is 10.0. The van der Waals surface area contributed by atoms with Crippen molar-refractivity contribution in [1.29, 1.82) is 0 Å². The Morgan fingerprint density at radius 2 is 1.70 bits per heavy atom. The maximum absolute atomic E-state index is 12.1. The summed E-state index contributed by atoms with van der Waals surface area (Å²) in [7, 11) is 4.05. The van der Waals surface area contributed by atoms with Crippen molar-refractivity contribution in [2.24, 2.45) is 0 Å². The molecule has 4 heteroatoms. The van der Waals surface area contributed by atoms with Crippen LogP contribution in [-0.4, -0.2) is 31.4 Å². The Labute approximate surface area is 143 Å². The lowest BCUT2D eigenvalue weighted by Gasteiger charge is -2.25. The maximum atomic E-state index is 12.1. The summed E-state index contributed by atoms with van der Waals surface area (Å²) in [5.41, 5.74) is 3.40. The predicted molar refractivity (Wildman–Crippen MR) is 95.8 cm³/mol. The van der Waals surface area contributed by atoms with Crippen molar-refractivity contribution in [3.8, 4) is 0 Å². The van der Waals surface area contributed by atoms with Gasteiger partial charge in [-0.1, -0.05) is 53.6 Å². The van der Waals surface area contributed by atoms with E-state index in [0.717, 1.165) is 5.56 Å². The van der Waals surface area contributed by atoms with Crippen molar-refractivity contribution < 1.29 is 4.79 Å². The van der Waals surface area contributed by atoms with Crippen LogP contribution < -0.4 is 5.32 Å². The van der Waals surface area contributed by atoms with E-state index in [0.29, 0.717) is 18.0 Å². The van der Waals surface area contributed by atoms with Crippen molar-refractivity contribution in [3.63, 3.8) is 0 Å². The molecule has 3 nitrogen and oxygen atoms in total. The summed E-state index contributed by atoms with van der Waals surface area (Å²) in [6, 6.07) is 16.0. The second kappa shape index (κ2) is 8.14. The molecule has 0 aliphatic heterocycles. The number of hydrogen-bond acceptors (Lipinski definition) is 2. The minimum Gasteiger partial charge on any atom is -0.354 e. The van der Waals surface area contributed by atoms with Gasteiger partial charge in [0.25, 0.3) is 0 Å². The number of hydrogen-bond donors (Lipinski definition) is 1. The van der Waals surface area contributed by atoms with Crippen LogP contribution in [0, 0.1) is 6.92 Å². The molecule has 1 amide bonds. The quantitative estimate of drug-likeness (QED) is 0.877. The van der Waals surface area contributed by atoms with E-state index in [1.165, 1.54) is 11.1 Å². The molecular formula is C19H23ClN2O. The summed E-state index contributed by atoms with van der Waals surface area (Å²) >= 11 is 5.86. The Morgan fingerprint density at radius 1 is 1.09 bits per heavy atom. The number of likely N-dealkylation sites (N-methyl/N-ethyl adjacent to an activating group) is 1. The number of rotatable bonds is 6. The van der Waals surface area contributed by atoms with E-state index in [1.54, 1.807) is 12.1 Å². The number of carbonyl (C=O) groups is 1. The van der Waals surface area contributed by atoms with Crippen LogP contribution >= 0.6 is 11.6 Å².